The van der Waals surface area contributed by atoms with Gasteiger partial charge in [-0.1, -0.05) is 6.42 Å². The van der Waals surface area contributed by atoms with Gasteiger partial charge in [-0.05, 0) is 57.3 Å². The van der Waals surface area contributed by atoms with E-state index in [1.807, 2.05) is 13.1 Å². The van der Waals surface area contributed by atoms with Crippen LogP contribution >= 0.6 is 24.0 Å². The van der Waals surface area contributed by atoms with Gasteiger partial charge >= 0.3 is 0 Å². The Kier molecular flexibility index (Phi) is 7.22. The van der Waals surface area contributed by atoms with Crippen LogP contribution in [0.15, 0.2) is 27.8 Å². The summed E-state index contributed by atoms with van der Waals surface area (Å²) in [7, 11) is 1.84. The monoisotopic (exact) mass is 474 g/mol. The molecule has 3 fully saturated rings. The highest BCUT2D eigenvalue weighted by molar-refractivity contribution is 14.0. The van der Waals surface area contributed by atoms with Crippen LogP contribution in [0.4, 0.5) is 0 Å². The molecule has 0 saturated carbocycles. The van der Waals surface area contributed by atoms with Crippen LogP contribution in [0.1, 0.15) is 50.3 Å². The van der Waals surface area contributed by atoms with Crippen LogP contribution in [0.2, 0.25) is 0 Å². The van der Waals surface area contributed by atoms with Crippen molar-refractivity contribution in [3.8, 4) is 0 Å². The second-order valence-corrected chi connectivity index (χ2v) is 7.44. The smallest absolute Gasteiger partial charge is 0.191 e. The summed E-state index contributed by atoms with van der Waals surface area (Å²) in [5, 5.41) is 7.09. The highest BCUT2D eigenvalue weighted by atomic mass is 127. The topological polar surface area (TPSA) is 62.0 Å². The van der Waals surface area contributed by atoms with Crippen LogP contribution in [0, 0.1) is 0 Å². The van der Waals surface area contributed by atoms with Gasteiger partial charge in [0, 0.05) is 13.6 Å². The van der Waals surface area contributed by atoms with Gasteiger partial charge in [-0.15, -0.1) is 24.0 Å². The molecule has 3 saturated heterocycles. The normalized spacial score (nSPS) is 30.0. The van der Waals surface area contributed by atoms with E-state index < -0.39 is 0 Å². The number of ether oxygens (including phenoxy) is 1. The first-order valence-electron chi connectivity index (χ1n) is 9.73. The minimum absolute atomic E-state index is 0. The Morgan fingerprint density at radius 2 is 2.15 bits per heavy atom. The molecule has 0 aliphatic carbocycles. The molecule has 1 aromatic rings. The van der Waals surface area contributed by atoms with Crippen molar-refractivity contribution >= 4 is 29.9 Å². The molecule has 26 heavy (non-hydrogen) atoms. The van der Waals surface area contributed by atoms with Gasteiger partial charge in [0.05, 0.1) is 30.6 Å². The summed E-state index contributed by atoms with van der Waals surface area (Å²) in [5.74, 6) is 1.91. The third-order valence-corrected chi connectivity index (χ3v) is 5.82. The molecule has 7 heteroatoms. The molecule has 2 bridgehead atoms. The molecule has 4 unspecified atom stereocenters. The average Bonchev–Trinajstić information content (AvgIpc) is 3.40. The van der Waals surface area contributed by atoms with Crippen molar-refractivity contribution in [3.05, 3.63) is 24.2 Å². The van der Waals surface area contributed by atoms with E-state index in [9.17, 15) is 0 Å². The van der Waals surface area contributed by atoms with Gasteiger partial charge in [0.25, 0.3) is 0 Å². The van der Waals surface area contributed by atoms with E-state index in [1.165, 1.54) is 32.1 Å². The molecule has 4 atom stereocenters. The number of guanidine groups is 1. The standard InChI is InChI=1S/C19H30N4O2.HI/c1-20-19(22-15-12-14-7-8-17(15)25-14)21-13-16(18-6-5-11-24-18)23-9-3-2-4-10-23;/h5-6,11,14-17H,2-4,7-10,12-13H2,1H3,(H2,20,21,22);1H. The van der Waals surface area contributed by atoms with E-state index in [2.05, 4.69) is 26.6 Å². The van der Waals surface area contributed by atoms with Crippen molar-refractivity contribution in [2.75, 3.05) is 26.7 Å². The predicted octanol–water partition coefficient (Wildman–Crippen LogP) is 2.91. The van der Waals surface area contributed by atoms with Crippen LogP contribution < -0.4 is 10.6 Å². The van der Waals surface area contributed by atoms with Gasteiger partial charge in [-0.3, -0.25) is 9.89 Å². The minimum Gasteiger partial charge on any atom is -0.468 e. The number of furan rings is 1. The van der Waals surface area contributed by atoms with Crippen LogP contribution in [0.5, 0.6) is 0 Å². The minimum atomic E-state index is 0. The lowest BCUT2D eigenvalue weighted by Crippen LogP contribution is -2.49. The Morgan fingerprint density at radius 1 is 1.31 bits per heavy atom. The van der Waals surface area contributed by atoms with E-state index >= 15 is 0 Å². The molecule has 146 valence electrons. The lowest BCUT2D eigenvalue weighted by atomic mass is 9.96. The number of likely N-dealkylation sites (tertiary alicyclic amines) is 1. The van der Waals surface area contributed by atoms with Crippen molar-refractivity contribution in [1.82, 2.24) is 15.5 Å². The number of rotatable bonds is 5. The highest BCUT2D eigenvalue weighted by Gasteiger charge is 2.41. The fraction of sp³-hybridized carbons (Fsp3) is 0.737. The number of aliphatic imine (C=N–C) groups is 1. The van der Waals surface area contributed by atoms with Crippen molar-refractivity contribution in [3.63, 3.8) is 0 Å². The third kappa shape index (κ3) is 4.54. The summed E-state index contributed by atoms with van der Waals surface area (Å²) in [6, 6.07) is 4.71. The summed E-state index contributed by atoms with van der Waals surface area (Å²) >= 11 is 0. The summed E-state index contributed by atoms with van der Waals surface area (Å²) in [6.07, 6.45) is 9.93. The fourth-order valence-corrected chi connectivity index (χ4v) is 4.47. The van der Waals surface area contributed by atoms with Crippen LogP contribution in [0.25, 0.3) is 0 Å². The van der Waals surface area contributed by atoms with Gasteiger partial charge < -0.3 is 19.8 Å². The third-order valence-electron chi connectivity index (χ3n) is 5.82. The molecular weight excluding hydrogens is 443 g/mol. The summed E-state index contributed by atoms with van der Waals surface area (Å²) in [4.78, 5) is 6.95. The number of nitrogens with zero attached hydrogens (tertiary/aromatic N) is 2. The number of piperidine rings is 1. The second kappa shape index (κ2) is 9.41. The zero-order valence-electron chi connectivity index (χ0n) is 15.5. The molecule has 4 heterocycles. The number of nitrogens with one attached hydrogen (secondary N) is 2. The first-order chi connectivity index (χ1) is 12.3. The molecule has 0 aromatic carbocycles. The summed E-state index contributed by atoms with van der Waals surface area (Å²) in [5.41, 5.74) is 0. The predicted molar refractivity (Wildman–Crippen MR) is 113 cm³/mol. The number of hydrogen-bond acceptors (Lipinski definition) is 4. The first-order valence-corrected chi connectivity index (χ1v) is 9.73. The second-order valence-electron chi connectivity index (χ2n) is 7.44. The fourth-order valence-electron chi connectivity index (χ4n) is 4.47. The van der Waals surface area contributed by atoms with Crippen LogP contribution in [-0.4, -0.2) is 55.8 Å². The number of hydrogen-bond donors (Lipinski definition) is 2. The van der Waals surface area contributed by atoms with Gasteiger partial charge in [-0.2, -0.15) is 0 Å². The Hall–Kier alpha value is -0.800. The quantitative estimate of drug-likeness (QED) is 0.391. The molecule has 3 aliphatic rings. The van der Waals surface area contributed by atoms with E-state index in [0.717, 1.165) is 37.8 Å². The number of halogens is 1. The van der Waals surface area contributed by atoms with Gasteiger partial charge in [-0.25, -0.2) is 0 Å². The summed E-state index contributed by atoms with van der Waals surface area (Å²) in [6.45, 7) is 3.08. The Bertz CT molecular complexity index is 574. The zero-order valence-corrected chi connectivity index (χ0v) is 17.9. The van der Waals surface area contributed by atoms with Crippen molar-refractivity contribution < 1.29 is 9.15 Å². The van der Waals surface area contributed by atoms with E-state index in [1.54, 1.807) is 6.26 Å². The number of fused-ring (bicyclic) bond motifs is 2. The molecule has 6 nitrogen and oxygen atoms in total. The van der Waals surface area contributed by atoms with Crippen molar-refractivity contribution in [2.45, 2.75) is 62.8 Å². The summed E-state index contributed by atoms with van der Waals surface area (Å²) < 4.78 is 11.7. The van der Waals surface area contributed by atoms with Gasteiger partial charge in [0.1, 0.15) is 5.76 Å². The molecule has 1 aromatic heterocycles. The van der Waals surface area contributed by atoms with E-state index in [4.69, 9.17) is 9.15 Å². The first kappa shape index (κ1) is 19.9. The van der Waals surface area contributed by atoms with Crippen LogP contribution in [0.3, 0.4) is 0 Å². The lowest BCUT2D eigenvalue weighted by Gasteiger charge is -2.34. The molecular formula is C19H31IN4O2. The molecule has 4 rings (SSSR count). The molecule has 0 radical (unpaired) electrons. The Morgan fingerprint density at radius 3 is 2.77 bits per heavy atom. The average molecular weight is 474 g/mol. The SMILES string of the molecule is CN=C(NCC(c1ccco1)N1CCCCC1)NC1CC2CCC1O2.I. The Labute approximate surface area is 173 Å². The maximum absolute atomic E-state index is 5.94. The van der Waals surface area contributed by atoms with E-state index in [-0.39, 0.29) is 30.0 Å². The Balaban J connectivity index is 0.00000196. The maximum atomic E-state index is 5.94. The lowest BCUT2D eigenvalue weighted by molar-refractivity contribution is 0.0991. The van der Waals surface area contributed by atoms with E-state index in [0.29, 0.717) is 18.2 Å². The van der Waals surface area contributed by atoms with Gasteiger partial charge in [0.2, 0.25) is 0 Å². The maximum Gasteiger partial charge on any atom is 0.191 e. The zero-order chi connectivity index (χ0) is 17.1. The molecule has 3 aliphatic heterocycles. The molecule has 2 N–H and O–H groups in total. The molecule has 0 spiro atoms. The van der Waals surface area contributed by atoms with Crippen molar-refractivity contribution in [1.29, 1.82) is 0 Å². The van der Waals surface area contributed by atoms with Gasteiger partial charge in [0.15, 0.2) is 5.96 Å². The largest absolute Gasteiger partial charge is 0.468 e. The van der Waals surface area contributed by atoms with Crippen molar-refractivity contribution in [2.24, 2.45) is 4.99 Å². The molecule has 0 amide bonds. The van der Waals surface area contributed by atoms with Crippen LogP contribution in [-0.2, 0) is 4.74 Å². The highest BCUT2D eigenvalue weighted by Crippen LogP contribution is 2.34.